The first kappa shape index (κ1) is 13.3. The molecule has 1 fully saturated rings. The van der Waals surface area contributed by atoms with Crippen LogP contribution in [-0.4, -0.2) is 16.2 Å². The fourth-order valence-corrected chi connectivity index (χ4v) is 1.95. The number of phenols is 1. The third kappa shape index (κ3) is 3.00. The van der Waals surface area contributed by atoms with Gasteiger partial charge >= 0.3 is 0 Å². The molecule has 0 spiro atoms. The molecule has 1 aromatic carbocycles. The van der Waals surface area contributed by atoms with Crippen molar-refractivity contribution in [1.29, 1.82) is 0 Å². The highest BCUT2D eigenvalue weighted by Crippen LogP contribution is 2.23. The molecular weight excluding hydrogens is 262 g/mol. The summed E-state index contributed by atoms with van der Waals surface area (Å²) in [6.45, 7) is 3.67. The van der Waals surface area contributed by atoms with Gasteiger partial charge in [-0.3, -0.25) is 10.1 Å². The minimum Gasteiger partial charge on any atom is -0.507 e. The number of amides is 1. The number of carbonyl (C=O) groups is 1. The topological polar surface area (TPSA) is 58.6 Å². The predicted octanol–water partition coefficient (Wildman–Crippen LogP) is 2.34. The van der Waals surface area contributed by atoms with Crippen molar-refractivity contribution < 1.29 is 14.6 Å². The lowest BCUT2D eigenvalue weighted by molar-refractivity contribution is -0.116. The highest BCUT2D eigenvalue weighted by Gasteiger charge is 2.21. The molecule has 19 heavy (non-hydrogen) atoms. The number of allylic oxidation sites excluding steroid dienone is 2. The van der Waals surface area contributed by atoms with Gasteiger partial charge in [-0.2, -0.15) is 0 Å². The van der Waals surface area contributed by atoms with Gasteiger partial charge in [0.2, 0.25) is 0 Å². The molecule has 2 rings (SSSR count). The van der Waals surface area contributed by atoms with Crippen LogP contribution in [-0.2, 0) is 9.53 Å². The second-order valence-corrected chi connectivity index (χ2v) is 4.61. The van der Waals surface area contributed by atoms with Gasteiger partial charge in [0.15, 0.2) is 5.76 Å². The van der Waals surface area contributed by atoms with E-state index in [1.165, 1.54) is 0 Å². The molecule has 0 bridgehead atoms. The van der Waals surface area contributed by atoms with E-state index in [9.17, 15) is 9.90 Å². The molecule has 1 aliphatic heterocycles. The van der Waals surface area contributed by atoms with Crippen molar-refractivity contribution in [3.63, 3.8) is 0 Å². The van der Waals surface area contributed by atoms with Crippen LogP contribution in [0.15, 0.2) is 30.0 Å². The summed E-state index contributed by atoms with van der Waals surface area (Å²) < 4.78 is 5.02. The first-order chi connectivity index (χ1) is 8.97. The van der Waals surface area contributed by atoms with E-state index in [-0.39, 0.29) is 16.8 Å². The van der Waals surface area contributed by atoms with Crippen LogP contribution in [0.25, 0.3) is 6.08 Å². The first-order valence-electron chi connectivity index (χ1n) is 5.69. The van der Waals surface area contributed by atoms with Crippen LogP contribution < -0.4 is 5.32 Å². The summed E-state index contributed by atoms with van der Waals surface area (Å²) in [7, 11) is 0. The van der Waals surface area contributed by atoms with Crippen LogP contribution >= 0.6 is 12.2 Å². The number of nitrogens with one attached hydrogen (secondary N) is 1. The average molecular weight is 275 g/mol. The van der Waals surface area contributed by atoms with Crippen molar-refractivity contribution >= 4 is 29.4 Å². The van der Waals surface area contributed by atoms with Gasteiger partial charge in [-0.1, -0.05) is 12.2 Å². The van der Waals surface area contributed by atoms with Gasteiger partial charge in [0.25, 0.3) is 11.1 Å². The Labute approximate surface area is 116 Å². The monoisotopic (exact) mass is 275 g/mol. The Morgan fingerprint density at radius 2 is 1.95 bits per heavy atom. The van der Waals surface area contributed by atoms with Gasteiger partial charge in [-0.25, -0.2) is 0 Å². The second-order valence-electron chi connectivity index (χ2n) is 4.24. The van der Waals surface area contributed by atoms with Crippen molar-refractivity contribution in [3.05, 3.63) is 46.7 Å². The van der Waals surface area contributed by atoms with Gasteiger partial charge in [0, 0.05) is 0 Å². The molecule has 1 heterocycles. The van der Waals surface area contributed by atoms with Crippen LogP contribution in [0.1, 0.15) is 16.7 Å². The Bertz CT molecular complexity index is 594. The number of thiocarbonyl (C=S) groups is 1. The van der Waals surface area contributed by atoms with Gasteiger partial charge in [0.05, 0.1) is 0 Å². The molecule has 1 saturated heterocycles. The standard InChI is InChI=1S/C14H13NO3S/c1-8-6-10(7-9(2)12(8)16)4-3-5-11-13(17)15-14(19)18-11/h3-7,16H,1-2H3,(H,15,17,19). The van der Waals surface area contributed by atoms with Gasteiger partial charge in [-0.05, 0) is 61.0 Å². The molecule has 4 nitrogen and oxygen atoms in total. The van der Waals surface area contributed by atoms with E-state index in [1.54, 1.807) is 12.2 Å². The molecule has 0 radical (unpaired) electrons. The maximum Gasteiger partial charge on any atom is 0.294 e. The number of benzene rings is 1. The summed E-state index contributed by atoms with van der Waals surface area (Å²) in [5, 5.41) is 12.1. The van der Waals surface area contributed by atoms with Gasteiger partial charge in [-0.15, -0.1) is 0 Å². The van der Waals surface area contributed by atoms with E-state index in [0.29, 0.717) is 5.75 Å². The van der Waals surface area contributed by atoms with Crippen molar-refractivity contribution in [3.8, 4) is 5.75 Å². The van der Waals surface area contributed by atoms with Crippen molar-refractivity contribution in [2.45, 2.75) is 13.8 Å². The first-order valence-corrected chi connectivity index (χ1v) is 6.10. The molecule has 0 aromatic heterocycles. The highest BCUT2D eigenvalue weighted by molar-refractivity contribution is 7.80. The number of phenolic OH excluding ortho intramolecular Hbond substituents is 1. The molecular formula is C14H13NO3S. The predicted molar refractivity (Wildman–Crippen MR) is 76.5 cm³/mol. The lowest BCUT2D eigenvalue weighted by atomic mass is 10.1. The lowest BCUT2D eigenvalue weighted by Crippen LogP contribution is -2.18. The summed E-state index contributed by atoms with van der Waals surface area (Å²) in [5.41, 5.74) is 2.55. The molecule has 5 heteroatoms. The SMILES string of the molecule is Cc1cc(C=CC=C2OC(=S)NC2=O)cc(C)c1O. The van der Waals surface area contributed by atoms with Crippen LogP contribution in [0.4, 0.5) is 0 Å². The minimum absolute atomic E-state index is 0.0703. The van der Waals surface area contributed by atoms with E-state index in [0.717, 1.165) is 16.7 Å². The molecule has 1 aliphatic rings. The maximum absolute atomic E-state index is 11.3. The molecule has 2 N–H and O–H groups in total. The zero-order chi connectivity index (χ0) is 14.0. The maximum atomic E-state index is 11.3. The molecule has 0 saturated carbocycles. The summed E-state index contributed by atoms with van der Waals surface area (Å²) in [5.74, 6) is 0.139. The molecule has 0 atom stereocenters. The molecule has 0 aliphatic carbocycles. The number of carbonyl (C=O) groups excluding carboxylic acids is 1. The van der Waals surface area contributed by atoms with Crippen molar-refractivity contribution in [2.24, 2.45) is 0 Å². The second kappa shape index (κ2) is 5.24. The number of rotatable bonds is 2. The van der Waals surface area contributed by atoms with Gasteiger partial charge < -0.3 is 9.84 Å². The summed E-state index contributed by atoms with van der Waals surface area (Å²) >= 11 is 4.72. The molecule has 98 valence electrons. The van der Waals surface area contributed by atoms with Crippen LogP contribution in [0.5, 0.6) is 5.75 Å². The number of ether oxygens (including phenoxy) is 1. The fourth-order valence-electron chi connectivity index (χ4n) is 1.77. The Morgan fingerprint density at radius 3 is 2.47 bits per heavy atom. The van der Waals surface area contributed by atoms with Crippen molar-refractivity contribution in [1.82, 2.24) is 5.32 Å². The van der Waals surface area contributed by atoms with Crippen LogP contribution in [0.3, 0.4) is 0 Å². The van der Waals surface area contributed by atoms with E-state index in [1.807, 2.05) is 32.1 Å². The third-order valence-electron chi connectivity index (χ3n) is 2.69. The Morgan fingerprint density at radius 1 is 1.32 bits per heavy atom. The number of hydrogen-bond acceptors (Lipinski definition) is 4. The van der Waals surface area contributed by atoms with Gasteiger partial charge in [0.1, 0.15) is 5.75 Å². The van der Waals surface area contributed by atoms with E-state index in [4.69, 9.17) is 17.0 Å². The quantitative estimate of drug-likeness (QED) is 0.642. The average Bonchev–Trinajstić information content (AvgIpc) is 2.65. The van der Waals surface area contributed by atoms with Crippen molar-refractivity contribution in [2.75, 3.05) is 0 Å². The molecule has 1 amide bonds. The van der Waals surface area contributed by atoms with E-state index < -0.39 is 0 Å². The summed E-state index contributed by atoms with van der Waals surface area (Å²) in [6.07, 6.45) is 5.07. The Balaban J connectivity index is 2.18. The van der Waals surface area contributed by atoms with E-state index >= 15 is 0 Å². The van der Waals surface area contributed by atoms with Crippen LogP contribution in [0.2, 0.25) is 0 Å². The fraction of sp³-hybridized carbons (Fsp3) is 0.143. The Hall–Kier alpha value is -2.14. The summed E-state index contributed by atoms with van der Waals surface area (Å²) in [4.78, 5) is 11.3. The zero-order valence-corrected chi connectivity index (χ0v) is 11.4. The smallest absolute Gasteiger partial charge is 0.294 e. The molecule has 0 unspecified atom stereocenters. The number of hydrogen-bond donors (Lipinski definition) is 2. The minimum atomic E-state index is -0.340. The highest BCUT2D eigenvalue weighted by atomic mass is 32.1. The number of aryl methyl sites for hydroxylation is 2. The summed E-state index contributed by atoms with van der Waals surface area (Å²) in [6, 6.07) is 3.72. The van der Waals surface area contributed by atoms with Crippen LogP contribution in [0, 0.1) is 13.8 Å². The Kier molecular flexibility index (Phi) is 3.66. The third-order valence-corrected chi connectivity index (χ3v) is 2.88. The lowest BCUT2D eigenvalue weighted by Gasteiger charge is -2.04. The normalized spacial score (nSPS) is 17.1. The van der Waals surface area contributed by atoms with E-state index in [2.05, 4.69) is 5.32 Å². The zero-order valence-electron chi connectivity index (χ0n) is 10.6. The largest absolute Gasteiger partial charge is 0.507 e. The molecule has 1 aromatic rings. The number of aromatic hydroxyl groups is 1.